The topological polar surface area (TPSA) is 51.0 Å². The molecule has 22 heavy (non-hydrogen) atoms. The average Bonchev–Trinajstić information content (AvgIpc) is 2.98. The molecule has 0 spiro atoms. The van der Waals surface area contributed by atoms with E-state index < -0.39 is 0 Å². The summed E-state index contributed by atoms with van der Waals surface area (Å²) in [6.07, 6.45) is 6.88. The zero-order valence-electron chi connectivity index (χ0n) is 13.5. The van der Waals surface area contributed by atoms with E-state index in [9.17, 15) is 4.79 Å². The van der Waals surface area contributed by atoms with Crippen LogP contribution in [0.1, 0.15) is 38.1 Å². The molecule has 3 heterocycles. The summed E-state index contributed by atoms with van der Waals surface area (Å²) in [5.41, 5.74) is 0.865. The van der Waals surface area contributed by atoms with Gasteiger partial charge in [0.05, 0.1) is 0 Å². The van der Waals surface area contributed by atoms with Gasteiger partial charge in [-0.1, -0.05) is 27.7 Å². The smallest absolute Gasteiger partial charge is 0.254 e. The molecule has 2 aromatic heterocycles. The highest BCUT2D eigenvalue weighted by molar-refractivity contribution is 5.95. The Hall–Kier alpha value is -2.17. The zero-order valence-corrected chi connectivity index (χ0v) is 13.5. The molecule has 0 aromatic carbocycles. The number of likely N-dealkylation sites (tertiary alicyclic amines) is 1. The van der Waals surface area contributed by atoms with Crippen LogP contribution in [-0.4, -0.2) is 37.9 Å². The third-order valence-corrected chi connectivity index (χ3v) is 4.37. The minimum Gasteiger partial charge on any atom is -0.334 e. The molecule has 0 N–H and O–H groups in total. The third-order valence-electron chi connectivity index (χ3n) is 4.37. The fourth-order valence-electron chi connectivity index (χ4n) is 3.65. The van der Waals surface area contributed by atoms with Crippen molar-refractivity contribution < 1.29 is 4.79 Å². The number of imidazole rings is 1. The van der Waals surface area contributed by atoms with Crippen molar-refractivity contribution in [1.82, 2.24) is 19.4 Å². The van der Waals surface area contributed by atoms with Gasteiger partial charge in [0.2, 0.25) is 0 Å². The van der Waals surface area contributed by atoms with Crippen LogP contribution in [0.15, 0.2) is 37.1 Å². The second kappa shape index (κ2) is 5.23. The van der Waals surface area contributed by atoms with Gasteiger partial charge in [-0.3, -0.25) is 9.36 Å². The summed E-state index contributed by atoms with van der Waals surface area (Å²) in [6, 6.07) is 3.89. The minimum atomic E-state index is 0.0850. The number of pyridine rings is 1. The Balaban J connectivity index is 1.86. The van der Waals surface area contributed by atoms with E-state index in [1.807, 2.05) is 17.2 Å². The van der Waals surface area contributed by atoms with E-state index in [1.54, 1.807) is 29.4 Å². The molecule has 1 saturated heterocycles. The van der Waals surface area contributed by atoms with Crippen molar-refractivity contribution in [2.24, 2.45) is 11.3 Å². The summed E-state index contributed by atoms with van der Waals surface area (Å²) in [5, 5.41) is 0. The summed E-state index contributed by atoms with van der Waals surface area (Å²) >= 11 is 0. The van der Waals surface area contributed by atoms with Gasteiger partial charge in [0, 0.05) is 42.2 Å². The molecule has 0 aliphatic carbocycles. The van der Waals surface area contributed by atoms with Crippen LogP contribution in [0.3, 0.4) is 0 Å². The van der Waals surface area contributed by atoms with E-state index in [4.69, 9.17) is 0 Å². The van der Waals surface area contributed by atoms with E-state index in [1.165, 1.54) is 0 Å². The highest BCUT2D eigenvalue weighted by atomic mass is 16.2. The van der Waals surface area contributed by atoms with Gasteiger partial charge in [-0.2, -0.15) is 0 Å². The summed E-state index contributed by atoms with van der Waals surface area (Å²) in [4.78, 5) is 23.1. The molecule has 1 fully saturated rings. The molecule has 5 heteroatoms. The number of rotatable bonds is 3. The first kappa shape index (κ1) is 14.8. The number of amides is 1. The fraction of sp³-hybridized carbons (Fsp3) is 0.471. The Labute approximate surface area is 131 Å². The van der Waals surface area contributed by atoms with Gasteiger partial charge in [-0.15, -0.1) is 0 Å². The van der Waals surface area contributed by atoms with Crippen LogP contribution in [0.2, 0.25) is 0 Å². The van der Waals surface area contributed by atoms with Gasteiger partial charge >= 0.3 is 0 Å². The molecule has 0 saturated carbocycles. The van der Waals surface area contributed by atoms with Crippen molar-refractivity contribution in [3.05, 3.63) is 42.6 Å². The SMILES string of the molecule is CC(C)C1N(C(=O)c2ccnc(-n3ccnc3)c2)CC1(C)C. The van der Waals surface area contributed by atoms with Crippen molar-refractivity contribution >= 4 is 5.91 Å². The molecule has 0 radical (unpaired) electrons. The van der Waals surface area contributed by atoms with E-state index >= 15 is 0 Å². The van der Waals surface area contributed by atoms with Gasteiger partial charge in [-0.25, -0.2) is 9.97 Å². The number of carbonyl (C=O) groups is 1. The molecule has 3 rings (SSSR count). The van der Waals surface area contributed by atoms with Gasteiger partial charge in [0.1, 0.15) is 12.1 Å². The zero-order chi connectivity index (χ0) is 15.9. The number of hydrogen-bond acceptors (Lipinski definition) is 3. The van der Waals surface area contributed by atoms with Gasteiger partial charge in [-0.05, 0) is 18.1 Å². The van der Waals surface area contributed by atoms with E-state index in [-0.39, 0.29) is 17.4 Å². The molecule has 1 aliphatic rings. The van der Waals surface area contributed by atoms with Crippen LogP contribution in [0, 0.1) is 11.3 Å². The van der Waals surface area contributed by atoms with Gasteiger partial charge in [0.25, 0.3) is 5.91 Å². The summed E-state index contributed by atoms with van der Waals surface area (Å²) < 4.78 is 1.80. The van der Waals surface area contributed by atoms with Gasteiger partial charge < -0.3 is 4.90 Å². The van der Waals surface area contributed by atoms with Gasteiger partial charge in [0.15, 0.2) is 0 Å². The van der Waals surface area contributed by atoms with E-state index in [0.717, 1.165) is 6.54 Å². The van der Waals surface area contributed by atoms with Crippen molar-refractivity contribution in [3.63, 3.8) is 0 Å². The van der Waals surface area contributed by atoms with Crippen LogP contribution in [0.5, 0.6) is 0 Å². The lowest BCUT2D eigenvalue weighted by atomic mass is 9.69. The van der Waals surface area contributed by atoms with Crippen LogP contribution in [0.4, 0.5) is 0 Å². The van der Waals surface area contributed by atoms with Crippen LogP contribution in [-0.2, 0) is 0 Å². The minimum absolute atomic E-state index is 0.0850. The quantitative estimate of drug-likeness (QED) is 0.875. The van der Waals surface area contributed by atoms with Crippen LogP contribution < -0.4 is 0 Å². The maximum atomic E-state index is 12.8. The first-order valence-electron chi connectivity index (χ1n) is 7.65. The average molecular weight is 298 g/mol. The monoisotopic (exact) mass is 298 g/mol. The van der Waals surface area contributed by atoms with Crippen LogP contribution in [0.25, 0.3) is 5.82 Å². The Bertz CT molecular complexity index is 676. The molecule has 0 bridgehead atoms. The molecule has 1 atom stereocenters. The first-order chi connectivity index (χ1) is 10.4. The maximum Gasteiger partial charge on any atom is 0.254 e. The third kappa shape index (κ3) is 2.40. The van der Waals surface area contributed by atoms with E-state index in [2.05, 4.69) is 37.7 Å². The molecular formula is C17H22N4O. The second-order valence-corrected chi connectivity index (χ2v) is 6.98. The highest BCUT2D eigenvalue weighted by Gasteiger charge is 2.49. The van der Waals surface area contributed by atoms with Crippen molar-refractivity contribution in [1.29, 1.82) is 0 Å². The molecule has 1 unspecified atom stereocenters. The lowest BCUT2D eigenvalue weighted by molar-refractivity contribution is -0.0519. The molecule has 2 aromatic rings. The second-order valence-electron chi connectivity index (χ2n) is 6.98. The number of aromatic nitrogens is 3. The number of carbonyl (C=O) groups excluding carboxylic acids is 1. The summed E-state index contributed by atoms with van der Waals surface area (Å²) in [6.45, 7) is 9.61. The Morgan fingerprint density at radius 3 is 2.73 bits per heavy atom. The Kier molecular flexibility index (Phi) is 3.51. The molecule has 1 aliphatic heterocycles. The van der Waals surface area contributed by atoms with Crippen molar-refractivity contribution in [2.75, 3.05) is 6.54 Å². The predicted molar refractivity (Wildman–Crippen MR) is 84.8 cm³/mol. The molecular weight excluding hydrogens is 276 g/mol. The highest BCUT2D eigenvalue weighted by Crippen LogP contribution is 2.41. The molecule has 1 amide bonds. The van der Waals surface area contributed by atoms with Crippen LogP contribution >= 0.6 is 0 Å². The van der Waals surface area contributed by atoms with Crippen molar-refractivity contribution in [2.45, 2.75) is 33.7 Å². The first-order valence-corrected chi connectivity index (χ1v) is 7.65. The van der Waals surface area contributed by atoms with E-state index in [0.29, 0.717) is 17.3 Å². The Morgan fingerprint density at radius 2 is 2.14 bits per heavy atom. The lowest BCUT2D eigenvalue weighted by Gasteiger charge is -2.56. The molecule has 5 nitrogen and oxygen atoms in total. The Morgan fingerprint density at radius 1 is 1.36 bits per heavy atom. The normalized spacial score (nSPS) is 20.0. The standard InChI is InChI=1S/C17H22N4O/c1-12(2)15-17(3,4)10-21(15)16(22)13-5-6-19-14(9-13)20-8-7-18-11-20/h5-9,11-12,15H,10H2,1-4H3. The van der Waals surface area contributed by atoms with Crippen molar-refractivity contribution in [3.8, 4) is 5.82 Å². The lowest BCUT2D eigenvalue weighted by Crippen LogP contribution is -2.65. The predicted octanol–water partition coefficient (Wildman–Crippen LogP) is 2.77. The molecule has 116 valence electrons. The summed E-state index contributed by atoms with van der Waals surface area (Å²) in [7, 11) is 0. The number of nitrogens with zero attached hydrogens (tertiary/aromatic N) is 4. The number of hydrogen-bond donors (Lipinski definition) is 0. The fourth-order valence-corrected chi connectivity index (χ4v) is 3.65. The maximum absolute atomic E-state index is 12.8. The summed E-state index contributed by atoms with van der Waals surface area (Å²) in [5.74, 6) is 1.24. The largest absolute Gasteiger partial charge is 0.334 e.